The van der Waals surface area contributed by atoms with E-state index >= 15 is 0 Å². The van der Waals surface area contributed by atoms with Gasteiger partial charge in [-0.2, -0.15) is 13.2 Å². The normalized spacial score (nSPS) is 24.6. The van der Waals surface area contributed by atoms with E-state index in [2.05, 4.69) is 55.6 Å². The lowest BCUT2D eigenvalue weighted by atomic mass is 10.0. The molecule has 3 atom stereocenters. The Labute approximate surface area is 157 Å². The third-order valence-corrected chi connectivity index (χ3v) is 4.53. The van der Waals surface area contributed by atoms with E-state index in [0.717, 1.165) is 18.6 Å². The highest BCUT2D eigenvalue weighted by Crippen LogP contribution is 2.29. The fourth-order valence-corrected chi connectivity index (χ4v) is 3.25. The minimum atomic E-state index is -5.08. The van der Waals surface area contributed by atoms with Crippen LogP contribution in [0.4, 0.5) is 13.2 Å². The van der Waals surface area contributed by atoms with Gasteiger partial charge in [-0.15, -0.1) is 0 Å². The van der Waals surface area contributed by atoms with Crippen LogP contribution in [0.1, 0.15) is 45.1 Å². The lowest BCUT2D eigenvalue weighted by molar-refractivity contribution is -0.192. The number of alkyl halides is 3. The molecule has 4 nitrogen and oxygen atoms in total. The van der Waals surface area contributed by atoms with Crippen molar-refractivity contribution in [3.63, 3.8) is 0 Å². The predicted octanol–water partition coefficient (Wildman–Crippen LogP) is 4.65. The molecule has 3 rings (SSSR count). The van der Waals surface area contributed by atoms with Gasteiger partial charge in [0.2, 0.25) is 0 Å². The van der Waals surface area contributed by atoms with Gasteiger partial charge in [0, 0.05) is 12.1 Å². The van der Waals surface area contributed by atoms with Crippen LogP contribution in [-0.4, -0.2) is 35.4 Å². The minimum Gasteiger partial charge on any atom is -0.490 e. The number of aliphatic carboxylic acids is 1. The summed E-state index contributed by atoms with van der Waals surface area (Å²) in [5.74, 6) is -1.15. The number of hydrogen-bond donors (Lipinski definition) is 2. The van der Waals surface area contributed by atoms with E-state index in [0.29, 0.717) is 24.1 Å². The second-order valence-corrected chi connectivity index (χ2v) is 7.32. The third-order valence-electron chi connectivity index (χ3n) is 4.53. The highest BCUT2D eigenvalue weighted by atomic mass is 19.4. The number of carboxylic acid groups (broad SMARTS) is 1. The van der Waals surface area contributed by atoms with Crippen molar-refractivity contribution in [1.82, 2.24) is 5.32 Å². The first-order valence-corrected chi connectivity index (χ1v) is 9.14. The van der Waals surface area contributed by atoms with E-state index in [1.54, 1.807) is 0 Å². The largest absolute Gasteiger partial charge is 0.490 e. The van der Waals surface area contributed by atoms with Gasteiger partial charge in [-0.1, -0.05) is 38.1 Å². The van der Waals surface area contributed by atoms with Crippen LogP contribution in [0.15, 0.2) is 30.3 Å². The summed E-state index contributed by atoms with van der Waals surface area (Å²) in [6.45, 7) is 4.39. The summed E-state index contributed by atoms with van der Waals surface area (Å²) >= 11 is 0. The Morgan fingerprint density at radius 3 is 2.15 bits per heavy atom. The molecule has 150 valence electrons. The molecular weight excluding hydrogens is 359 g/mol. The summed E-state index contributed by atoms with van der Waals surface area (Å²) in [4.78, 5) is 8.90. The lowest BCUT2D eigenvalue weighted by Crippen LogP contribution is -2.42. The number of allylic oxidation sites excluding steroid dienone is 1. The second-order valence-electron chi connectivity index (χ2n) is 7.32. The molecule has 2 aliphatic heterocycles. The summed E-state index contributed by atoms with van der Waals surface area (Å²) in [6.07, 6.45) is 4.68. The molecule has 0 spiro atoms. The van der Waals surface area contributed by atoms with Crippen LogP contribution in [-0.2, 0) is 4.79 Å². The monoisotopic (exact) mass is 385 g/mol. The number of nitrogens with one attached hydrogen (secondary N) is 1. The molecule has 2 fully saturated rings. The van der Waals surface area contributed by atoms with Gasteiger partial charge in [0.1, 0.15) is 11.9 Å². The van der Waals surface area contributed by atoms with Crippen LogP contribution in [0.5, 0.6) is 5.75 Å². The first-order valence-electron chi connectivity index (χ1n) is 9.14. The van der Waals surface area contributed by atoms with Crippen LogP contribution >= 0.6 is 0 Å². The van der Waals surface area contributed by atoms with Gasteiger partial charge in [-0.25, -0.2) is 4.79 Å². The highest BCUT2D eigenvalue weighted by molar-refractivity contribution is 5.73. The van der Waals surface area contributed by atoms with Gasteiger partial charge in [-0.05, 0) is 49.3 Å². The van der Waals surface area contributed by atoms with Crippen molar-refractivity contribution >= 4 is 12.0 Å². The van der Waals surface area contributed by atoms with E-state index in [1.807, 2.05) is 0 Å². The van der Waals surface area contributed by atoms with Crippen LogP contribution in [0.25, 0.3) is 6.08 Å². The number of fused-ring (bicyclic) bond motifs is 2. The third kappa shape index (κ3) is 7.25. The summed E-state index contributed by atoms with van der Waals surface area (Å²) in [5.41, 5.74) is 1.25. The fraction of sp³-hybridized carbons (Fsp3) is 0.550. The molecular formula is C20H26F3NO3. The quantitative estimate of drug-likeness (QED) is 0.792. The van der Waals surface area contributed by atoms with E-state index in [9.17, 15) is 13.2 Å². The maximum atomic E-state index is 10.6. The molecule has 0 aromatic heterocycles. The molecule has 0 aliphatic carbocycles. The van der Waals surface area contributed by atoms with Gasteiger partial charge in [-0.3, -0.25) is 0 Å². The summed E-state index contributed by atoms with van der Waals surface area (Å²) in [6, 6.07) is 9.86. The molecule has 27 heavy (non-hydrogen) atoms. The highest BCUT2D eigenvalue weighted by Gasteiger charge is 2.38. The van der Waals surface area contributed by atoms with E-state index < -0.39 is 12.1 Å². The number of ether oxygens (including phenoxy) is 1. The van der Waals surface area contributed by atoms with Gasteiger partial charge in [0.25, 0.3) is 0 Å². The minimum absolute atomic E-state index is 0.394. The van der Waals surface area contributed by atoms with Gasteiger partial charge in [0.15, 0.2) is 0 Å². The Morgan fingerprint density at radius 1 is 1.19 bits per heavy atom. The topological polar surface area (TPSA) is 58.6 Å². The van der Waals surface area contributed by atoms with E-state index in [1.165, 1.54) is 18.4 Å². The Kier molecular flexibility index (Phi) is 7.30. The maximum absolute atomic E-state index is 10.6. The smallest absolute Gasteiger partial charge is 0.490 e. The first kappa shape index (κ1) is 21.3. The number of rotatable bonds is 4. The molecule has 1 aromatic carbocycles. The Bertz CT molecular complexity index is 629. The molecule has 0 amide bonds. The standard InChI is InChI=1S/C18H25NO.C2HF3O2/c1-13(2)3-4-14-5-9-17(10-6-14)20-18-11-15-7-8-16(12-18)19-15;3-2(4,5)1(6)7/h3-6,9-10,13,15-16,18-19H,7-8,11-12H2,1-2H3;(H,6,7)/b4-3+;/t15-,16+,18-;. The van der Waals surface area contributed by atoms with E-state index in [-0.39, 0.29) is 0 Å². The van der Waals surface area contributed by atoms with Gasteiger partial charge in [0.05, 0.1) is 0 Å². The van der Waals surface area contributed by atoms with Crippen molar-refractivity contribution in [2.75, 3.05) is 0 Å². The van der Waals surface area contributed by atoms with Gasteiger partial charge < -0.3 is 15.2 Å². The molecule has 0 saturated carbocycles. The molecule has 2 aliphatic rings. The Morgan fingerprint density at radius 2 is 1.70 bits per heavy atom. The number of piperidine rings is 1. The van der Waals surface area contributed by atoms with Gasteiger partial charge >= 0.3 is 12.1 Å². The average Bonchev–Trinajstić information content (AvgIpc) is 2.92. The SMILES string of the molecule is CC(C)/C=C/c1ccc(O[C@@H]2C[C@H]3CC[C@@H](C2)N3)cc1.O=C(O)C(F)(F)F. The first-order chi connectivity index (χ1) is 12.6. The molecule has 2 heterocycles. The van der Waals surface area contributed by atoms with E-state index in [4.69, 9.17) is 14.6 Å². The number of hydrogen-bond acceptors (Lipinski definition) is 3. The predicted molar refractivity (Wildman–Crippen MR) is 97.6 cm³/mol. The van der Waals surface area contributed by atoms with Crippen LogP contribution < -0.4 is 10.1 Å². The van der Waals surface area contributed by atoms with Crippen LogP contribution in [0.2, 0.25) is 0 Å². The molecule has 0 radical (unpaired) electrons. The molecule has 2 bridgehead atoms. The molecule has 7 heteroatoms. The molecule has 2 N–H and O–H groups in total. The summed E-state index contributed by atoms with van der Waals surface area (Å²) in [5, 5.41) is 10.8. The van der Waals surface area contributed by atoms with Crippen LogP contribution in [0.3, 0.4) is 0 Å². The summed E-state index contributed by atoms with van der Waals surface area (Å²) in [7, 11) is 0. The van der Waals surface area contributed by atoms with Crippen molar-refractivity contribution < 1.29 is 27.8 Å². The Hall–Kier alpha value is -2.02. The number of halogens is 3. The van der Waals surface area contributed by atoms with Crippen molar-refractivity contribution in [3.05, 3.63) is 35.9 Å². The maximum Gasteiger partial charge on any atom is 0.490 e. The lowest BCUT2D eigenvalue weighted by Gasteiger charge is -2.29. The number of carbonyl (C=O) groups is 1. The second kappa shape index (κ2) is 9.26. The molecule has 0 unspecified atom stereocenters. The molecule has 2 saturated heterocycles. The van der Waals surface area contributed by atoms with Crippen molar-refractivity contribution in [3.8, 4) is 5.75 Å². The fourth-order valence-electron chi connectivity index (χ4n) is 3.25. The summed E-state index contributed by atoms with van der Waals surface area (Å²) < 4.78 is 37.9. The zero-order valence-corrected chi connectivity index (χ0v) is 15.5. The van der Waals surface area contributed by atoms with Crippen molar-refractivity contribution in [2.45, 2.75) is 63.9 Å². The Balaban J connectivity index is 0.000000321. The number of benzene rings is 1. The van der Waals surface area contributed by atoms with Crippen LogP contribution in [0, 0.1) is 5.92 Å². The average molecular weight is 385 g/mol. The number of carboxylic acids is 1. The zero-order valence-electron chi connectivity index (χ0n) is 15.5. The zero-order chi connectivity index (χ0) is 20.0. The van der Waals surface area contributed by atoms with Crippen molar-refractivity contribution in [2.24, 2.45) is 5.92 Å². The van der Waals surface area contributed by atoms with Crippen molar-refractivity contribution in [1.29, 1.82) is 0 Å². The molecule has 1 aromatic rings.